The molecule has 1 fully saturated rings. The Bertz CT molecular complexity index is 1040. The van der Waals surface area contributed by atoms with E-state index in [4.69, 9.17) is 11.5 Å². The van der Waals surface area contributed by atoms with Crippen LogP contribution in [-0.4, -0.2) is 61.8 Å². The highest BCUT2D eigenvalue weighted by Gasteiger charge is 2.24. The first-order valence-electron chi connectivity index (χ1n) is 9.05. The van der Waals surface area contributed by atoms with Crippen molar-refractivity contribution in [2.45, 2.75) is 13.0 Å². The Labute approximate surface area is 162 Å². The van der Waals surface area contributed by atoms with Crippen LogP contribution < -0.4 is 4.90 Å². The second-order valence-corrected chi connectivity index (χ2v) is 6.72. The molecular formula is C20H20N6O2. The first kappa shape index (κ1) is 17.8. The predicted octanol–water partition coefficient (Wildman–Crippen LogP) is 2.22. The second kappa shape index (κ2) is 7.19. The van der Waals surface area contributed by atoms with Gasteiger partial charge in [0.15, 0.2) is 17.0 Å². The molecule has 0 aliphatic carbocycles. The van der Waals surface area contributed by atoms with E-state index in [2.05, 4.69) is 32.7 Å². The van der Waals surface area contributed by atoms with Gasteiger partial charge in [0.1, 0.15) is 6.33 Å². The summed E-state index contributed by atoms with van der Waals surface area (Å²) in [5, 5.41) is 9.13. The third-order valence-electron chi connectivity index (χ3n) is 5.17. The van der Waals surface area contributed by atoms with E-state index in [1.807, 2.05) is 28.8 Å². The number of nitrogens with zero attached hydrogens (tertiary/aromatic N) is 6. The average molecular weight is 376 g/mol. The standard InChI is InChI=1S/C20H20N6O2/c1-3-15-4-6-16(7-5-15)14(2)26-13-23-17-18(21-12-22-19(17)26)24-8-10-25(11-9-24)20(27)28/h1,4-7,12-14H,8-11H2,2H3,(H,27,28)/t14-/m1/s1. The molecule has 8 heteroatoms. The molecular weight excluding hydrogens is 356 g/mol. The number of rotatable bonds is 3. The van der Waals surface area contributed by atoms with Crippen LogP contribution in [0, 0.1) is 12.3 Å². The number of carbonyl (C=O) groups is 1. The SMILES string of the molecule is C#Cc1ccc([C@@H](C)n2cnc3c(N4CCN(C(=O)O)CC4)ncnc32)cc1. The molecule has 4 rings (SSSR count). The van der Waals surface area contributed by atoms with E-state index in [1.54, 1.807) is 6.33 Å². The van der Waals surface area contributed by atoms with Gasteiger partial charge in [0, 0.05) is 31.7 Å². The first-order chi connectivity index (χ1) is 13.6. The molecule has 1 aliphatic heterocycles. The number of carboxylic acid groups (broad SMARTS) is 1. The molecule has 0 radical (unpaired) electrons. The monoisotopic (exact) mass is 376 g/mol. The maximum atomic E-state index is 11.1. The third-order valence-corrected chi connectivity index (χ3v) is 5.17. The highest BCUT2D eigenvalue weighted by molar-refractivity contribution is 5.83. The molecule has 1 amide bonds. The van der Waals surface area contributed by atoms with Gasteiger partial charge in [-0.05, 0) is 24.6 Å². The summed E-state index contributed by atoms with van der Waals surface area (Å²) < 4.78 is 2.01. The summed E-state index contributed by atoms with van der Waals surface area (Å²) in [6.45, 7) is 4.13. The van der Waals surface area contributed by atoms with Crippen LogP contribution in [0.3, 0.4) is 0 Å². The van der Waals surface area contributed by atoms with Crippen molar-refractivity contribution in [1.29, 1.82) is 0 Å². The van der Waals surface area contributed by atoms with Crippen LogP contribution in [0.5, 0.6) is 0 Å². The lowest BCUT2D eigenvalue weighted by atomic mass is 10.1. The zero-order chi connectivity index (χ0) is 19.7. The Kier molecular flexibility index (Phi) is 4.57. The third kappa shape index (κ3) is 3.11. The molecule has 0 bridgehead atoms. The first-order valence-corrected chi connectivity index (χ1v) is 9.05. The van der Waals surface area contributed by atoms with Gasteiger partial charge < -0.3 is 19.5 Å². The molecule has 28 heavy (non-hydrogen) atoms. The summed E-state index contributed by atoms with van der Waals surface area (Å²) in [5.41, 5.74) is 3.42. The maximum Gasteiger partial charge on any atom is 0.407 e. The number of terminal acetylenes is 1. The van der Waals surface area contributed by atoms with E-state index in [0.29, 0.717) is 26.2 Å². The fourth-order valence-electron chi connectivity index (χ4n) is 3.48. The van der Waals surface area contributed by atoms with Gasteiger partial charge in [0.25, 0.3) is 0 Å². The average Bonchev–Trinajstić information content (AvgIpc) is 3.17. The van der Waals surface area contributed by atoms with E-state index in [-0.39, 0.29) is 6.04 Å². The lowest BCUT2D eigenvalue weighted by molar-refractivity contribution is 0.142. The molecule has 0 saturated carbocycles. The van der Waals surface area contributed by atoms with Crippen LogP contribution in [0.2, 0.25) is 0 Å². The summed E-state index contributed by atoms with van der Waals surface area (Å²) in [5.74, 6) is 3.37. The molecule has 142 valence electrons. The fourth-order valence-corrected chi connectivity index (χ4v) is 3.48. The van der Waals surface area contributed by atoms with Gasteiger partial charge in [-0.1, -0.05) is 18.1 Å². The van der Waals surface area contributed by atoms with Crippen LogP contribution in [0.1, 0.15) is 24.1 Å². The lowest BCUT2D eigenvalue weighted by Crippen LogP contribution is -2.48. The Morgan fingerprint density at radius 3 is 2.50 bits per heavy atom. The summed E-state index contributed by atoms with van der Waals surface area (Å²) >= 11 is 0. The number of imidazole rings is 1. The number of fused-ring (bicyclic) bond motifs is 1. The minimum absolute atomic E-state index is 0.0310. The molecule has 0 unspecified atom stereocenters. The second-order valence-electron chi connectivity index (χ2n) is 6.72. The number of hydrogen-bond donors (Lipinski definition) is 1. The molecule has 3 heterocycles. The fraction of sp³-hybridized carbons (Fsp3) is 0.300. The van der Waals surface area contributed by atoms with Crippen LogP contribution in [0.4, 0.5) is 10.6 Å². The Morgan fingerprint density at radius 1 is 1.14 bits per heavy atom. The normalized spacial score (nSPS) is 15.4. The molecule has 2 aromatic heterocycles. The van der Waals surface area contributed by atoms with Crippen molar-refractivity contribution < 1.29 is 9.90 Å². The topological polar surface area (TPSA) is 87.4 Å². The maximum absolute atomic E-state index is 11.1. The van der Waals surface area contributed by atoms with Gasteiger partial charge >= 0.3 is 6.09 Å². The zero-order valence-electron chi connectivity index (χ0n) is 15.5. The molecule has 0 spiro atoms. The van der Waals surface area contributed by atoms with Gasteiger partial charge in [-0.25, -0.2) is 19.7 Å². The smallest absolute Gasteiger partial charge is 0.407 e. The Morgan fingerprint density at radius 2 is 1.86 bits per heavy atom. The van der Waals surface area contributed by atoms with E-state index >= 15 is 0 Å². The number of anilines is 1. The van der Waals surface area contributed by atoms with Gasteiger partial charge in [-0.15, -0.1) is 6.42 Å². The molecule has 1 aromatic carbocycles. The summed E-state index contributed by atoms with van der Waals surface area (Å²) in [6.07, 6.45) is 7.86. The lowest BCUT2D eigenvalue weighted by Gasteiger charge is -2.33. The van der Waals surface area contributed by atoms with E-state index in [1.165, 1.54) is 11.2 Å². The van der Waals surface area contributed by atoms with E-state index in [9.17, 15) is 4.79 Å². The largest absolute Gasteiger partial charge is 0.465 e. The van der Waals surface area contributed by atoms with Gasteiger partial charge in [-0.3, -0.25) is 0 Å². The summed E-state index contributed by atoms with van der Waals surface area (Å²) in [4.78, 5) is 28.0. The van der Waals surface area contributed by atoms with Crippen molar-refractivity contribution in [3.8, 4) is 12.3 Å². The van der Waals surface area contributed by atoms with E-state index in [0.717, 1.165) is 28.1 Å². The number of aromatic nitrogens is 4. The van der Waals surface area contributed by atoms with Gasteiger partial charge in [0.05, 0.1) is 12.4 Å². The van der Waals surface area contributed by atoms with Crippen LogP contribution in [-0.2, 0) is 0 Å². The summed E-state index contributed by atoms with van der Waals surface area (Å²) in [6, 6.07) is 7.90. The van der Waals surface area contributed by atoms with E-state index < -0.39 is 6.09 Å². The van der Waals surface area contributed by atoms with Crippen molar-refractivity contribution in [2.75, 3.05) is 31.1 Å². The molecule has 1 atom stereocenters. The molecule has 1 N–H and O–H groups in total. The zero-order valence-corrected chi connectivity index (χ0v) is 15.5. The van der Waals surface area contributed by atoms with Gasteiger partial charge in [-0.2, -0.15) is 0 Å². The number of piperazine rings is 1. The molecule has 1 aliphatic rings. The number of hydrogen-bond acceptors (Lipinski definition) is 5. The highest BCUT2D eigenvalue weighted by Crippen LogP contribution is 2.27. The number of benzene rings is 1. The van der Waals surface area contributed by atoms with Crippen molar-refractivity contribution in [3.05, 3.63) is 48.0 Å². The summed E-state index contributed by atoms with van der Waals surface area (Å²) in [7, 11) is 0. The van der Waals surface area contributed by atoms with Crippen LogP contribution >= 0.6 is 0 Å². The van der Waals surface area contributed by atoms with Crippen molar-refractivity contribution >= 4 is 23.1 Å². The molecule has 3 aromatic rings. The molecule has 8 nitrogen and oxygen atoms in total. The quantitative estimate of drug-likeness (QED) is 0.706. The Hall–Kier alpha value is -3.60. The minimum atomic E-state index is -0.888. The minimum Gasteiger partial charge on any atom is -0.465 e. The predicted molar refractivity (Wildman–Crippen MR) is 105 cm³/mol. The van der Waals surface area contributed by atoms with Crippen molar-refractivity contribution in [1.82, 2.24) is 24.4 Å². The van der Waals surface area contributed by atoms with Gasteiger partial charge in [0.2, 0.25) is 0 Å². The van der Waals surface area contributed by atoms with Crippen molar-refractivity contribution in [3.63, 3.8) is 0 Å². The van der Waals surface area contributed by atoms with Crippen LogP contribution in [0.25, 0.3) is 11.2 Å². The molecule has 1 saturated heterocycles. The number of amides is 1. The van der Waals surface area contributed by atoms with Crippen LogP contribution in [0.15, 0.2) is 36.9 Å². The Balaban J connectivity index is 1.63. The highest BCUT2D eigenvalue weighted by atomic mass is 16.4. The van der Waals surface area contributed by atoms with Crippen molar-refractivity contribution in [2.24, 2.45) is 0 Å².